The molecule has 0 aliphatic carbocycles. The Morgan fingerprint density at radius 3 is 2.81 bits per heavy atom. The first-order valence-electron chi connectivity index (χ1n) is 7.35. The van der Waals surface area contributed by atoms with Gasteiger partial charge in [-0.25, -0.2) is 9.67 Å². The summed E-state index contributed by atoms with van der Waals surface area (Å²) in [5.41, 5.74) is 1.02. The second-order valence-electron chi connectivity index (χ2n) is 5.30. The van der Waals surface area contributed by atoms with E-state index >= 15 is 0 Å². The van der Waals surface area contributed by atoms with Crippen LogP contribution in [-0.4, -0.2) is 26.3 Å². The summed E-state index contributed by atoms with van der Waals surface area (Å²) in [6, 6.07) is 4.39. The smallest absolute Gasteiger partial charge is 0.138 e. The van der Waals surface area contributed by atoms with Gasteiger partial charge in [0.25, 0.3) is 0 Å². The lowest BCUT2D eigenvalue weighted by Gasteiger charge is -2.20. The molecule has 0 aromatic carbocycles. The minimum absolute atomic E-state index is 0.127. The van der Waals surface area contributed by atoms with Gasteiger partial charge in [-0.2, -0.15) is 5.10 Å². The maximum atomic E-state index is 4.52. The van der Waals surface area contributed by atoms with Crippen LogP contribution in [0.3, 0.4) is 0 Å². The largest absolute Gasteiger partial charge is 0.308 e. The first-order valence-corrected chi connectivity index (χ1v) is 8.15. The molecule has 0 amide bonds. The molecule has 0 fully saturated rings. The van der Waals surface area contributed by atoms with Crippen LogP contribution in [0.25, 0.3) is 0 Å². The third kappa shape index (κ3) is 4.11. The number of hydrogen-bond acceptors (Lipinski definition) is 4. The van der Waals surface area contributed by atoms with Crippen molar-refractivity contribution in [1.29, 1.82) is 0 Å². The molecule has 1 atom stereocenters. The van der Waals surface area contributed by atoms with Crippen molar-refractivity contribution in [3.8, 4) is 0 Å². The van der Waals surface area contributed by atoms with Crippen molar-refractivity contribution in [1.82, 2.24) is 25.1 Å². The number of nitrogens with zero attached hydrogens (tertiary/aromatic N) is 4. The minimum atomic E-state index is 0.127. The molecule has 0 spiro atoms. The molecule has 0 bridgehead atoms. The zero-order valence-electron chi connectivity index (χ0n) is 12.8. The lowest BCUT2D eigenvalue weighted by atomic mass is 10.1. The highest BCUT2D eigenvalue weighted by atomic mass is 79.9. The molecule has 2 rings (SSSR count). The van der Waals surface area contributed by atoms with Gasteiger partial charge in [-0.3, -0.25) is 4.98 Å². The molecule has 0 saturated heterocycles. The lowest BCUT2D eigenvalue weighted by molar-refractivity contribution is 0.457. The fourth-order valence-corrected chi connectivity index (χ4v) is 2.80. The Bertz CT molecular complexity index is 567. The van der Waals surface area contributed by atoms with Crippen molar-refractivity contribution < 1.29 is 0 Å². The van der Waals surface area contributed by atoms with Gasteiger partial charge in [0, 0.05) is 23.1 Å². The number of rotatable bonds is 7. The monoisotopic (exact) mass is 351 g/mol. The van der Waals surface area contributed by atoms with E-state index in [9.17, 15) is 0 Å². The molecule has 2 aromatic heterocycles. The van der Waals surface area contributed by atoms with Crippen LogP contribution < -0.4 is 5.32 Å². The summed E-state index contributed by atoms with van der Waals surface area (Å²) in [5.74, 6) is 0.983. The molecule has 0 aliphatic heterocycles. The van der Waals surface area contributed by atoms with E-state index in [4.69, 9.17) is 0 Å². The number of aromatic nitrogens is 4. The molecule has 0 aliphatic rings. The third-order valence-electron chi connectivity index (χ3n) is 3.28. The van der Waals surface area contributed by atoms with E-state index in [0.29, 0.717) is 6.04 Å². The average Bonchev–Trinajstić information content (AvgIpc) is 2.92. The second kappa shape index (κ2) is 7.66. The molecule has 2 aromatic rings. The van der Waals surface area contributed by atoms with Crippen molar-refractivity contribution in [2.45, 2.75) is 45.7 Å². The highest BCUT2D eigenvalue weighted by Gasteiger charge is 2.19. The van der Waals surface area contributed by atoms with Crippen LogP contribution in [0.2, 0.25) is 0 Å². The Balaban J connectivity index is 2.24. The first kappa shape index (κ1) is 16.1. The third-order valence-corrected chi connectivity index (χ3v) is 3.95. The van der Waals surface area contributed by atoms with E-state index in [2.05, 4.69) is 57.1 Å². The predicted octanol–water partition coefficient (Wildman–Crippen LogP) is 3.30. The molecule has 114 valence electrons. The Morgan fingerprint density at radius 2 is 2.14 bits per heavy atom. The lowest BCUT2D eigenvalue weighted by Crippen LogP contribution is -2.27. The van der Waals surface area contributed by atoms with Crippen molar-refractivity contribution >= 4 is 15.9 Å². The van der Waals surface area contributed by atoms with Gasteiger partial charge in [-0.1, -0.05) is 6.92 Å². The highest BCUT2D eigenvalue weighted by Crippen LogP contribution is 2.24. The predicted molar refractivity (Wildman–Crippen MR) is 87.1 cm³/mol. The van der Waals surface area contributed by atoms with Crippen LogP contribution in [0.15, 0.2) is 29.1 Å². The molecule has 0 saturated carbocycles. The van der Waals surface area contributed by atoms with Gasteiger partial charge in [0.1, 0.15) is 12.2 Å². The number of hydrogen-bond donors (Lipinski definition) is 1. The van der Waals surface area contributed by atoms with E-state index in [1.807, 2.05) is 23.0 Å². The van der Waals surface area contributed by atoms with Gasteiger partial charge in [0.2, 0.25) is 0 Å². The quantitative estimate of drug-likeness (QED) is 0.831. The van der Waals surface area contributed by atoms with E-state index in [1.165, 1.54) is 0 Å². The second-order valence-corrected chi connectivity index (χ2v) is 6.15. The zero-order valence-corrected chi connectivity index (χ0v) is 14.3. The van der Waals surface area contributed by atoms with Crippen LogP contribution in [0, 0.1) is 0 Å². The summed E-state index contributed by atoms with van der Waals surface area (Å²) < 4.78 is 2.99. The summed E-state index contributed by atoms with van der Waals surface area (Å²) >= 11 is 3.60. The maximum absolute atomic E-state index is 4.52. The van der Waals surface area contributed by atoms with Gasteiger partial charge in [-0.15, -0.1) is 0 Å². The van der Waals surface area contributed by atoms with Crippen molar-refractivity contribution in [2.24, 2.45) is 0 Å². The van der Waals surface area contributed by atoms with Crippen LogP contribution in [0.1, 0.15) is 50.8 Å². The molecular formula is C15H22BrN5. The van der Waals surface area contributed by atoms with E-state index < -0.39 is 0 Å². The van der Waals surface area contributed by atoms with E-state index in [0.717, 1.165) is 35.4 Å². The molecule has 21 heavy (non-hydrogen) atoms. The molecule has 1 N–H and O–H groups in total. The summed E-state index contributed by atoms with van der Waals surface area (Å²) in [6.45, 7) is 7.34. The SMILES string of the molecule is CCCNC(Cc1ncnn1C(C)C)c1ncccc1Br. The van der Waals surface area contributed by atoms with Gasteiger partial charge in [-0.05, 0) is 54.9 Å². The Hall–Kier alpha value is -1.27. The summed E-state index contributed by atoms with van der Waals surface area (Å²) in [7, 11) is 0. The van der Waals surface area contributed by atoms with Crippen LogP contribution in [0.4, 0.5) is 0 Å². The summed E-state index contributed by atoms with van der Waals surface area (Å²) in [4.78, 5) is 8.93. The molecule has 2 heterocycles. The van der Waals surface area contributed by atoms with E-state index in [1.54, 1.807) is 6.33 Å². The molecule has 1 unspecified atom stereocenters. The fourth-order valence-electron chi connectivity index (χ4n) is 2.27. The minimum Gasteiger partial charge on any atom is -0.308 e. The van der Waals surface area contributed by atoms with Crippen molar-refractivity contribution in [2.75, 3.05) is 6.54 Å². The Morgan fingerprint density at radius 1 is 1.33 bits per heavy atom. The molecule has 0 radical (unpaired) electrons. The van der Waals surface area contributed by atoms with Crippen molar-refractivity contribution in [3.63, 3.8) is 0 Å². The topological polar surface area (TPSA) is 55.6 Å². The maximum Gasteiger partial charge on any atom is 0.138 e. The normalized spacial score (nSPS) is 12.8. The fraction of sp³-hybridized carbons (Fsp3) is 0.533. The standard InChI is InChI=1S/C15H22BrN5/c1-4-7-17-13(15-12(16)6-5-8-18-15)9-14-19-10-20-21(14)11(2)3/h5-6,8,10-11,13,17H,4,7,9H2,1-3H3. The van der Waals surface area contributed by atoms with Crippen LogP contribution in [-0.2, 0) is 6.42 Å². The molecular weight excluding hydrogens is 330 g/mol. The van der Waals surface area contributed by atoms with Gasteiger partial charge < -0.3 is 5.32 Å². The van der Waals surface area contributed by atoms with E-state index in [-0.39, 0.29) is 6.04 Å². The van der Waals surface area contributed by atoms with Crippen LogP contribution >= 0.6 is 15.9 Å². The number of nitrogens with one attached hydrogen (secondary N) is 1. The van der Waals surface area contributed by atoms with Crippen molar-refractivity contribution in [3.05, 3.63) is 40.6 Å². The first-order chi connectivity index (χ1) is 10.1. The zero-order chi connectivity index (χ0) is 15.2. The summed E-state index contributed by atoms with van der Waals surface area (Å²) in [5, 5.41) is 7.87. The Kier molecular flexibility index (Phi) is 5.87. The number of pyridine rings is 1. The van der Waals surface area contributed by atoms with Gasteiger partial charge >= 0.3 is 0 Å². The number of halogens is 1. The van der Waals surface area contributed by atoms with Gasteiger partial charge in [0.15, 0.2) is 0 Å². The average molecular weight is 352 g/mol. The van der Waals surface area contributed by atoms with Crippen LogP contribution in [0.5, 0.6) is 0 Å². The molecule has 6 heteroatoms. The summed E-state index contributed by atoms with van der Waals surface area (Å²) in [6.07, 6.45) is 5.30. The molecule has 5 nitrogen and oxygen atoms in total. The van der Waals surface area contributed by atoms with Gasteiger partial charge in [0.05, 0.1) is 11.7 Å². The Labute approximate surface area is 134 Å². The highest BCUT2D eigenvalue weighted by molar-refractivity contribution is 9.10.